The number of anilines is 1. The number of halogens is 2. The molecular weight excluding hydrogens is 474 g/mol. The first-order chi connectivity index (χ1) is 14.0. The Hall–Kier alpha value is -2.03. The Morgan fingerprint density at radius 2 is 2.03 bits per heavy atom. The second kappa shape index (κ2) is 8.77. The van der Waals surface area contributed by atoms with Gasteiger partial charge in [0.05, 0.1) is 14.4 Å². The first-order valence-corrected chi connectivity index (χ1v) is 11.3. The molecule has 0 bridgehead atoms. The van der Waals surface area contributed by atoms with Crippen molar-refractivity contribution in [3.8, 4) is 10.4 Å². The van der Waals surface area contributed by atoms with E-state index in [1.165, 1.54) is 11.3 Å². The van der Waals surface area contributed by atoms with Crippen molar-refractivity contribution in [1.82, 2.24) is 19.9 Å². The standard InChI is InChI=1S/C20H19BrClN5OS/c1-12-26-17(18(29-12)13-4-6-15(22)7-5-13)19(28)27-8-2-3-16(27)11-25-20-23-9-14(21)10-24-20/h4-7,9-10,16H,2-3,8,11H2,1H3,(H,23,24,25)/t16-/m0/s1. The van der Waals surface area contributed by atoms with Crippen LogP contribution in [0, 0.1) is 6.92 Å². The number of amides is 1. The van der Waals surface area contributed by atoms with Gasteiger partial charge in [0, 0.05) is 36.5 Å². The lowest BCUT2D eigenvalue weighted by molar-refractivity contribution is 0.0739. The average Bonchev–Trinajstić information content (AvgIpc) is 3.34. The molecule has 1 saturated heterocycles. The van der Waals surface area contributed by atoms with E-state index in [1.54, 1.807) is 12.4 Å². The van der Waals surface area contributed by atoms with E-state index in [4.69, 9.17) is 11.6 Å². The molecule has 1 aliphatic rings. The van der Waals surface area contributed by atoms with E-state index < -0.39 is 0 Å². The number of rotatable bonds is 5. The van der Waals surface area contributed by atoms with Crippen molar-refractivity contribution >= 4 is 50.7 Å². The number of aromatic nitrogens is 3. The summed E-state index contributed by atoms with van der Waals surface area (Å²) < 4.78 is 0.828. The third kappa shape index (κ3) is 4.60. The Balaban J connectivity index is 1.52. The number of carbonyl (C=O) groups excluding carboxylic acids is 1. The quantitative estimate of drug-likeness (QED) is 0.540. The molecule has 3 aromatic rings. The first-order valence-electron chi connectivity index (χ1n) is 9.27. The highest BCUT2D eigenvalue weighted by atomic mass is 79.9. The molecule has 2 aromatic heterocycles. The van der Waals surface area contributed by atoms with Crippen LogP contribution < -0.4 is 5.32 Å². The van der Waals surface area contributed by atoms with E-state index in [-0.39, 0.29) is 11.9 Å². The molecule has 0 aliphatic carbocycles. The highest BCUT2D eigenvalue weighted by molar-refractivity contribution is 9.10. The minimum absolute atomic E-state index is 0.0275. The summed E-state index contributed by atoms with van der Waals surface area (Å²) in [5.41, 5.74) is 1.47. The van der Waals surface area contributed by atoms with E-state index >= 15 is 0 Å². The molecule has 3 heterocycles. The molecule has 1 aromatic carbocycles. The van der Waals surface area contributed by atoms with Crippen LogP contribution >= 0.6 is 38.9 Å². The number of hydrogen-bond acceptors (Lipinski definition) is 6. The highest BCUT2D eigenvalue weighted by Gasteiger charge is 2.32. The van der Waals surface area contributed by atoms with Crippen LogP contribution in [0.15, 0.2) is 41.1 Å². The summed E-state index contributed by atoms with van der Waals surface area (Å²) >= 11 is 10.9. The number of aryl methyl sites for hydroxylation is 1. The first kappa shape index (κ1) is 20.3. The van der Waals surface area contributed by atoms with Gasteiger partial charge in [-0.3, -0.25) is 4.79 Å². The Labute approximate surface area is 186 Å². The number of nitrogens with one attached hydrogen (secondary N) is 1. The Morgan fingerprint density at radius 3 is 2.76 bits per heavy atom. The van der Waals surface area contributed by atoms with Crippen LogP contribution in [0.3, 0.4) is 0 Å². The molecular formula is C20H19BrClN5OS. The maximum absolute atomic E-state index is 13.4. The predicted molar refractivity (Wildman–Crippen MR) is 120 cm³/mol. The smallest absolute Gasteiger partial charge is 0.274 e. The van der Waals surface area contributed by atoms with Crippen LogP contribution in [0.2, 0.25) is 5.02 Å². The summed E-state index contributed by atoms with van der Waals surface area (Å²) in [6.07, 6.45) is 5.31. The van der Waals surface area contributed by atoms with E-state index in [9.17, 15) is 4.79 Å². The molecule has 4 rings (SSSR count). The van der Waals surface area contributed by atoms with Gasteiger partial charge in [-0.1, -0.05) is 23.7 Å². The lowest BCUT2D eigenvalue weighted by Gasteiger charge is -2.24. The van der Waals surface area contributed by atoms with Gasteiger partial charge in [-0.05, 0) is 53.4 Å². The van der Waals surface area contributed by atoms with Crippen molar-refractivity contribution in [2.24, 2.45) is 0 Å². The summed E-state index contributed by atoms with van der Waals surface area (Å²) in [4.78, 5) is 29.2. The highest BCUT2D eigenvalue weighted by Crippen LogP contribution is 2.33. The third-order valence-corrected chi connectivity index (χ3v) is 6.48. The van der Waals surface area contributed by atoms with E-state index in [0.717, 1.165) is 39.3 Å². The fraction of sp³-hybridized carbons (Fsp3) is 0.300. The second-order valence-electron chi connectivity index (χ2n) is 6.82. The predicted octanol–water partition coefficient (Wildman–Crippen LogP) is 5.04. The number of nitrogens with zero attached hydrogens (tertiary/aromatic N) is 4. The zero-order valence-corrected chi connectivity index (χ0v) is 18.9. The topological polar surface area (TPSA) is 71.0 Å². The lowest BCUT2D eigenvalue weighted by Crippen LogP contribution is -2.40. The van der Waals surface area contributed by atoms with Crippen LogP contribution in [0.1, 0.15) is 28.3 Å². The molecule has 1 amide bonds. The van der Waals surface area contributed by atoms with Crippen molar-refractivity contribution < 1.29 is 4.79 Å². The van der Waals surface area contributed by atoms with Gasteiger partial charge in [-0.2, -0.15) is 0 Å². The molecule has 0 saturated carbocycles. The van der Waals surface area contributed by atoms with Gasteiger partial charge in [0.1, 0.15) is 5.69 Å². The minimum atomic E-state index is -0.0275. The Kier molecular flexibility index (Phi) is 6.12. The molecule has 0 unspecified atom stereocenters. The molecule has 1 N–H and O–H groups in total. The monoisotopic (exact) mass is 491 g/mol. The molecule has 29 heavy (non-hydrogen) atoms. The van der Waals surface area contributed by atoms with Gasteiger partial charge in [-0.25, -0.2) is 15.0 Å². The maximum atomic E-state index is 13.4. The van der Waals surface area contributed by atoms with Crippen LogP contribution in [-0.2, 0) is 0 Å². The second-order valence-corrected chi connectivity index (χ2v) is 9.37. The van der Waals surface area contributed by atoms with Crippen molar-refractivity contribution in [2.45, 2.75) is 25.8 Å². The number of likely N-dealkylation sites (tertiary alicyclic amines) is 1. The molecule has 6 nitrogen and oxygen atoms in total. The average molecular weight is 493 g/mol. The number of carbonyl (C=O) groups is 1. The molecule has 0 spiro atoms. The lowest BCUT2D eigenvalue weighted by atomic mass is 10.1. The molecule has 150 valence electrons. The summed E-state index contributed by atoms with van der Waals surface area (Å²) in [5.74, 6) is 0.527. The normalized spacial score (nSPS) is 16.2. The van der Waals surface area contributed by atoms with E-state index in [0.29, 0.717) is 23.2 Å². The summed E-state index contributed by atoms with van der Waals surface area (Å²) in [6.45, 7) is 3.25. The molecule has 1 aliphatic heterocycles. The van der Waals surface area contributed by atoms with Gasteiger partial charge >= 0.3 is 0 Å². The number of benzene rings is 1. The summed E-state index contributed by atoms with van der Waals surface area (Å²) in [6, 6.07) is 7.61. The van der Waals surface area contributed by atoms with Gasteiger partial charge in [0.2, 0.25) is 5.95 Å². The number of hydrogen-bond donors (Lipinski definition) is 1. The maximum Gasteiger partial charge on any atom is 0.274 e. The van der Waals surface area contributed by atoms with Crippen LogP contribution in [0.4, 0.5) is 5.95 Å². The van der Waals surface area contributed by atoms with Gasteiger partial charge in [-0.15, -0.1) is 11.3 Å². The van der Waals surface area contributed by atoms with Crippen molar-refractivity contribution in [3.05, 3.63) is 56.9 Å². The van der Waals surface area contributed by atoms with E-state index in [1.807, 2.05) is 36.1 Å². The van der Waals surface area contributed by atoms with Crippen molar-refractivity contribution in [1.29, 1.82) is 0 Å². The zero-order chi connectivity index (χ0) is 20.4. The Morgan fingerprint density at radius 1 is 1.31 bits per heavy atom. The largest absolute Gasteiger partial charge is 0.352 e. The summed E-state index contributed by atoms with van der Waals surface area (Å²) in [7, 11) is 0. The molecule has 0 radical (unpaired) electrons. The summed E-state index contributed by atoms with van der Waals surface area (Å²) in [5, 5.41) is 4.78. The fourth-order valence-corrected chi connectivity index (χ4v) is 4.68. The molecule has 1 atom stereocenters. The van der Waals surface area contributed by atoms with E-state index in [2.05, 4.69) is 36.2 Å². The van der Waals surface area contributed by atoms with Gasteiger partial charge < -0.3 is 10.2 Å². The zero-order valence-electron chi connectivity index (χ0n) is 15.7. The van der Waals surface area contributed by atoms with Crippen LogP contribution in [0.5, 0.6) is 0 Å². The van der Waals surface area contributed by atoms with Crippen molar-refractivity contribution in [3.63, 3.8) is 0 Å². The molecule has 1 fully saturated rings. The van der Waals surface area contributed by atoms with Crippen molar-refractivity contribution in [2.75, 3.05) is 18.4 Å². The van der Waals surface area contributed by atoms with Crippen LogP contribution in [-0.4, -0.2) is 44.9 Å². The van der Waals surface area contributed by atoms with Gasteiger partial charge in [0.25, 0.3) is 5.91 Å². The number of thiazole rings is 1. The third-order valence-electron chi connectivity index (χ3n) is 4.80. The fourth-order valence-electron chi connectivity index (χ4n) is 3.43. The van der Waals surface area contributed by atoms with Crippen LogP contribution in [0.25, 0.3) is 10.4 Å². The molecule has 9 heteroatoms. The Bertz CT molecular complexity index is 1010. The minimum Gasteiger partial charge on any atom is -0.352 e. The SMILES string of the molecule is Cc1nc(C(=O)N2CCC[C@H]2CNc2ncc(Br)cn2)c(-c2ccc(Cl)cc2)s1. The van der Waals surface area contributed by atoms with Gasteiger partial charge in [0.15, 0.2) is 0 Å².